The molecule has 0 spiro atoms. The number of rotatable bonds is 7. The van der Waals surface area contributed by atoms with E-state index in [1.165, 1.54) is 12.0 Å². The van der Waals surface area contributed by atoms with Crippen LogP contribution >= 0.6 is 11.8 Å². The maximum Gasteiger partial charge on any atom is 0.225 e. The van der Waals surface area contributed by atoms with E-state index in [4.69, 9.17) is 9.97 Å². The molecule has 2 N–H and O–H groups in total. The molecule has 5 rings (SSSR count). The van der Waals surface area contributed by atoms with Crippen molar-refractivity contribution < 1.29 is 5.11 Å². The van der Waals surface area contributed by atoms with Gasteiger partial charge in [0.05, 0.1) is 12.1 Å². The maximum atomic E-state index is 9.69. The van der Waals surface area contributed by atoms with E-state index in [9.17, 15) is 5.11 Å². The first kappa shape index (κ1) is 21.7. The molecule has 1 atom stereocenters. The Hall–Kier alpha value is -3.09. The Morgan fingerprint density at radius 2 is 1.64 bits per heavy atom. The third-order valence-corrected chi connectivity index (χ3v) is 7.32. The molecule has 1 saturated heterocycles. The van der Waals surface area contributed by atoms with Gasteiger partial charge in [-0.1, -0.05) is 67.2 Å². The van der Waals surface area contributed by atoms with Crippen LogP contribution in [0.25, 0.3) is 10.9 Å². The summed E-state index contributed by atoms with van der Waals surface area (Å²) in [6.07, 6.45) is 1.20. The Morgan fingerprint density at radius 3 is 2.39 bits per heavy atom. The molecule has 3 aromatic carbocycles. The van der Waals surface area contributed by atoms with Gasteiger partial charge in [0.2, 0.25) is 5.95 Å². The highest BCUT2D eigenvalue weighted by Gasteiger charge is 2.22. The molecule has 33 heavy (non-hydrogen) atoms. The number of nitrogens with one attached hydrogen (secondary N) is 1. The van der Waals surface area contributed by atoms with E-state index < -0.39 is 0 Å². The zero-order valence-corrected chi connectivity index (χ0v) is 19.6. The Balaban J connectivity index is 1.41. The van der Waals surface area contributed by atoms with Crippen molar-refractivity contribution in [3.05, 3.63) is 83.9 Å². The Bertz CT molecular complexity index is 1260. The van der Waals surface area contributed by atoms with Crippen molar-refractivity contribution in [1.82, 2.24) is 9.97 Å². The van der Waals surface area contributed by atoms with Crippen molar-refractivity contribution in [1.29, 1.82) is 0 Å². The average molecular weight is 457 g/mol. The molecule has 1 aliphatic rings. The normalized spacial score (nSPS) is 15.8. The number of aliphatic hydroxyl groups is 1. The maximum absolute atomic E-state index is 9.69. The number of aliphatic hydroxyl groups excluding tert-OH is 1. The van der Waals surface area contributed by atoms with Crippen molar-refractivity contribution in [2.75, 3.05) is 23.3 Å². The molecule has 0 saturated carbocycles. The number of anilines is 2. The second kappa shape index (κ2) is 9.81. The first-order valence-corrected chi connectivity index (χ1v) is 12.2. The largest absolute Gasteiger partial charge is 0.392 e. The van der Waals surface area contributed by atoms with Gasteiger partial charge >= 0.3 is 0 Å². The van der Waals surface area contributed by atoms with Crippen LogP contribution in [0.15, 0.2) is 82.6 Å². The first-order valence-electron chi connectivity index (χ1n) is 11.4. The van der Waals surface area contributed by atoms with Gasteiger partial charge in [-0.2, -0.15) is 4.98 Å². The zero-order valence-electron chi connectivity index (χ0n) is 18.7. The summed E-state index contributed by atoms with van der Waals surface area (Å²) in [5, 5.41) is 14.3. The molecule has 2 heterocycles. The minimum Gasteiger partial charge on any atom is -0.392 e. The molecule has 6 heteroatoms. The van der Waals surface area contributed by atoms with Gasteiger partial charge in [-0.05, 0) is 47.7 Å². The molecule has 1 fully saturated rings. The monoisotopic (exact) mass is 456 g/mol. The van der Waals surface area contributed by atoms with E-state index in [1.807, 2.05) is 30.3 Å². The SMILES string of the molecule is C[C@@H]1CCN(c2nc(NCc3ccccc3Sc3ccccc3CO)nc3ccccc23)C1. The van der Waals surface area contributed by atoms with E-state index in [0.29, 0.717) is 18.4 Å². The minimum atomic E-state index is 0.0341. The zero-order chi connectivity index (χ0) is 22.6. The predicted octanol–water partition coefficient (Wildman–Crippen LogP) is 5.73. The summed E-state index contributed by atoms with van der Waals surface area (Å²) >= 11 is 1.68. The summed E-state index contributed by atoms with van der Waals surface area (Å²) in [5.74, 6) is 2.35. The third-order valence-electron chi connectivity index (χ3n) is 6.08. The van der Waals surface area contributed by atoms with Crippen molar-refractivity contribution in [3.63, 3.8) is 0 Å². The lowest BCUT2D eigenvalue weighted by Gasteiger charge is -2.20. The summed E-state index contributed by atoms with van der Waals surface area (Å²) in [4.78, 5) is 14.3. The fraction of sp³-hybridized carbons (Fsp3) is 0.259. The van der Waals surface area contributed by atoms with E-state index >= 15 is 0 Å². The van der Waals surface area contributed by atoms with E-state index in [-0.39, 0.29) is 6.61 Å². The van der Waals surface area contributed by atoms with Gasteiger partial charge in [-0.15, -0.1) is 0 Å². The summed E-state index contributed by atoms with van der Waals surface area (Å²) in [5.41, 5.74) is 3.07. The van der Waals surface area contributed by atoms with Crippen molar-refractivity contribution in [2.24, 2.45) is 5.92 Å². The summed E-state index contributed by atoms with van der Waals surface area (Å²) < 4.78 is 0. The average Bonchev–Trinajstić information content (AvgIpc) is 3.29. The first-order chi connectivity index (χ1) is 16.2. The quantitative estimate of drug-likeness (QED) is 0.370. The minimum absolute atomic E-state index is 0.0341. The highest BCUT2D eigenvalue weighted by molar-refractivity contribution is 7.99. The van der Waals surface area contributed by atoms with E-state index in [2.05, 4.69) is 59.6 Å². The summed E-state index contributed by atoms with van der Waals surface area (Å²) in [6.45, 7) is 5.02. The van der Waals surface area contributed by atoms with Crippen LogP contribution in [0.1, 0.15) is 24.5 Å². The standard InChI is InChI=1S/C27H28N4OS/c1-19-14-15-31(17-19)26-22-10-4-5-11-23(22)29-27(30-26)28-16-20-8-2-6-12-24(20)33-25-13-7-3-9-21(25)18-32/h2-13,19,32H,14-18H2,1H3,(H,28,29,30)/t19-/m1/s1. The second-order valence-corrected chi connectivity index (χ2v) is 9.64. The highest BCUT2D eigenvalue weighted by Crippen LogP contribution is 2.34. The molecular weight excluding hydrogens is 428 g/mol. The summed E-state index contributed by atoms with van der Waals surface area (Å²) in [6, 6.07) is 24.6. The number of aromatic nitrogens is 2. The van der Waals surface area contributed by atoms with Gasteiger partial charge in [0.25, 0.3) is 0 Å². The lowest BCUT2D eigenvalue weighted by molar-refractivity contribution is 0.279. The van der Waals surface area contributed by atoms with Crippen LogP contribution in [0.3, 0.4) is 0 Å². The van der Waals surface area contributed by atoms with Gasteiger partial charge in [0, 0.05) is 34.8 Å². The molecule has 0 aliphatic carbocycles. The fourth-order valence-corrected chi connectivity index (χ4v) is 5.35. The summed E-state index contributed by atoms with van der Waals surface area (Å²) in [7, 11) is 0. The van der Waals surface area contributed by atoms with Crippen LogP contribution in [-0.2, 0) is 13.2 Å². The van der Waals surface area contributed by atoms with Crippen LogP contribution in [0.4, 0.5) is 11.8 Å². The molecule has 0 bridgehead atoms. The second-order valence-electron chi connectivity index (χ2n) is 8.56. The molecule has 0 amide bonds. The number of benzene rings is 3. The highest BCUT2D eigenvalue weighted by atomic mass is 32.2. The molecule has 1 aliphatic heterocycles. The van der Waals surface area contributed by atoms with Gasteiger partial charge in [-0.3, -0.25) is 0 Å². The van der Waals surface area contributed by atoms with Gasteiger partial charge in [-0.25, -0.2) is 4.98 Å². The smallest absolute Gasteiger partial charge is 0.225 e. The van der Waals surface area contributed by atoms with Crippen molar-refractivity contribution >= 4 is 34.4 Å². The van der Waals surface area contributed by atoms with Crippen LogP contribution in [-0.4, -0.2) is 28.2 Å². The van der Waals surface area contributed by atoms with Crippen LogP contribution in [0.5, 0.6) is 0 Å². The Morgan fingerprint density at radius 1 is 0.939 bits per heavy atom. The third kappa shape index (κ3) is 4.82. The number of hydrogen-bond acceptors (Lipinski definition) is 6. The molecule has 1 aromatic heterocycles. The van der Waals surface area contributed by atoms with E-state index in [0.717, 1.165) is 45.2 Å². The Labute approximate surface area is 198 Å². The predicted molar refractivity (Wildman–Crippen MR) is 136 cm³/mol. The van der Waals surface area contributed by atoms with Crippen LogP contribution in [0, 0.1) is 5.92 Å². The molecular formula is C27H28N4OS. The van der Waals surface area contributed by atoms with Crippen molar-refractivity contribution in [3.8, 4) is 0 Å². The lowest BCUT2D eigenvalue weighted by Crippen LogP contribution is -2.21. The fourth-order valence-electron chi connectivity index (χ4n) is 4.28. The number of para-hydroxylation sites is 1. The lowest BCUT2D eigenvalue weighted by atomic mass is 10.2. The van der Waals surface area contributed by atoms with Crippen LogP contribution < -0.4 is 10.2 Å². The number of nitrogens with zero attached hydrogens (tertiary/aromatic N) is 3. The van der Waals surface area contributed by atoms with Crippen molar-refractivity contribution in [2.45, 2.75) is 36.3 Å². The molecule has 168 valence electrons. The van der Waals surface area contributed by atoms with Gasteiger partial charge in [0.1, 0.15) is 5.82 Å². The molecule has 0 radical (unpaired) electrons. The molecule has 4 aromatic rings. The van der Waals surface area contributed by atoms with E-state index in [1.54, 1.807) is 11.8 Å². The topological polar surface area (TPSA) is 61.3 Å². The number of hydrogen-bond donors (Lipinski definition) is 2. The molecule has 0 unspecified atom stereocenters. The van der Waals surface area contributed by atoms with Gasteiger partial charge in [0.15, 0.2) is 0 Å². The van der Waals surface area contributed by atoms with Gasteiger partial charge < -0.3 is 15.3 Å². The van der Waals surface area contributed by atoms with Crippen LogP contribution in [0.2, 0.25) is 0 Å². The molecule has 5 nitrogen and oxygen atoms in total. The number of fused-ring (bicyclic) bond motifs is 1. The Kier molecular flexibility index (Phi) is 6.46.